The van der Waals surface area contributed by atoms with E-state index < -0.39 is 0 Å². The average molecular weight is 273 g/mol. The summed E-state index contributed by atoms with van der Waals surface area (Å²) in [5.41, 5.74) is 2.65. The van der Waals surface area contributed by atoms with E-state index in [4.69, 9.17) is 11.6 Å². The van der Waals surface area contributed by atoms with Gasteiger partial charge in [0.2, 0.25) is 0 Å². The zero-order valence-corrected chi connectivity index (χ0v) is 11.1. The maximum Gasteiger partial charge on any atom is 0.261 e. The lowest BCUT2D eigenvalue weighted by Gasteiger charge is -2.29. The number of rotatable bonds is 1. The summed E-state index contributed by atoms with van der Waals surface area (Å²) in [6, 6.07) is 11.5. The number of hydrogen-bond donors (Lipinski definition) is 0. The summed E-state index contributed by atoms with van der Waals surface area (Å²) >= 11 is 6.01. The number of amides is 1. The van der Waals surface area contributed by atoms with Gasteiger partial charge in [0.25, 0.3) is 5.91 Å². The molecule has 0 saturated carbocycles. The number of anilines is 1. The van der Waals surface area contributed by atoms with Crippen LogP contribution in [0.25, 0.3) is 0 Å². The maximum atomic E-state index is 12.6. The Bertz CT molecular complexity index is 627. The minimum absolute atomic E-state index is 0.0785. The van der Waals surface area contributed by atoms with Crippen LogP contribution in [0.15, 0.2) is 42.6 Å². The van der Waals surface area contributed by atoms with Crippen molar-refractivity contribution in [2.45, 2.75) is 12.8 Å². The third kappa shape index (κ3) is 2.22. The molecule has 1 amide bonds. The van der Waals surface area contributed by atoms with Crippen LogP contribution in [0.1, 0.15) is 22.3 Å². The lowest BCUT2D eigenvalue weighted by atomic mass is 10.0. The largest absolute Gasteiger partial charge is 0.308 e. The van der Waals surface area contributed by atoms with E-state index in [0.717, 1.165) is 25.1 Å². The third-order valence-corrected chi connectivity index (χ3v) is 3.65. The molecule has 19 heavy (non-hydrogen) atoms. The molecular formula is C15H13ClN2O. The highest BCUT2D eigenvalue weighted by molar-refractivity contribution is 6.33. The van der Waals surface area contributed by atoms with Crippen molar-refractivity contribution in [3.8, 4) is 0 Å². The number of fused-ring (bicyclic) bond motifs is 1. The van der Waals surface area contributed by atoms with E-state index in [1.165, 1.54) is 5.56 Å². The molecule has 0 radical (unpaired) electrons. The van der Waals surface area contributed by atoms with Crippen molar-refractivity contribution >= 4 is 23.2 Å². The highest BCUT2D eigenvalue weighted by atomic mass is 35.5. The smallest absolute Gasteiger partial charge is 0.261 e. The van der Waals surface area contributed by atoms with Crippen LogP contribution in [-0.4, -0.2) is 17.4 Å². The summed E-state index contributed by atoms with van der Waals surface area (Å²) in [4.78, 5) is 18.3. The first-order valence-corrected chi connectivity index (χ1v) is 6.65. The average Bonchev–Trinajstić information content (AvgIpc) is 2.46. The van der Waals surface area contributed by atoms with E-state index in [2.05, 4.69) is 11.1 Å². The Balaban J connectivity index is 2.00. The number of nitrogens with zero attached hydrogens (tertiary/aromatic N) is 2. The van der Waals surface area contributed by atoms with Crippen LogP contribution in [0.5, 0.6) is 0 Å². The highest BCUT2D eigenvalue weighted by Crippen LogP contribution is 2.28. The summed E-state index contributed by atoms with van der Waals surface area (Å²) in [5.74, 6) is -0.0785. The second kappa shape index (κ2) is 5.02. The molecule has 0 saturated heterocycles. The fourth-order valence-electron chi connectivity index (χ4n) is 2.44. The molecular weight excluding hydrogens is 260 g/mol. The molecule has 0 unspecified atom stereocenters. The van der Waals surface area contributed by atoms with Crippen LogP contribution in [0.4, 0.5) is 5.69 Å². The maximum absolute atomic E-state index is 12.6. The van der Waals surface area contributed by atoms with Crippen LogP contribution in [-0.2, 0) is 6.42 Å². The SMILES string of the molecule is O=C(c1cccnc1Cl)N1CCCc2ccccc21. The van der Waals surface area contributed by atoms with Gasteiger partial charge >= 0.3 is 0 Å². The van der Waals surface area contributed by atoms with Gasteiger partial charge in [-0.05, 0) is 36.6 Å². The Morgan fingerprint density at radius 3 is 2.89 bits per heavy atom. The van der Waals surface area contributed by atoms with Gasteiger partial charge in [0.15, 0.2) is 0 Å². The number of pyridine rings is 1. The highest BCUT2D eigenvalue weighted by Gasteiger charge is 2.24. The van der Waals surface area contributed by atoms with Gasteiger partial charge in [-0.25, -0.2) is 4.98 Å². The quantitative estimate of drug-likeness (QED) is 0.746. The van der Waals surface area contributed by atoms with Crippen molar-refractivity contribution in [3.05, 3.63) is 58.9 Å². The van der Waals surface area contributed by atoms with Gasteiger partial charge in [0.1, 0.15) is 5.15 Å². The molecule has 2 heterocycles. The first-order chi connectivity index (χ1) is 9.27. The number of carbonyl (C=O) groups is 1. The monoisotopic (exact) mass is 272 g/mol. The van der Waals surface area contributed by atoms with Gasteiger partial charge in [0, 0.05) is 18.4 Å². The Morgan fingerprint density at radius 2 is 2.05 bits per heavy atom. The Morgan fingerprint density at radius 1 is 1.21 bits per heavy atom. The van der Waals surface area contributed by atoms with Gasteiger partial charge in [0.05, 0.1) is 5.56 Å². The first-order valence-electron chi connectivity index (χ1n) is 6.27. The zero-order chi connectivity index (χ0) is 13.2. The molecule has 2 aromatic rings. The van der Waals surface area contributed by atoms with Crippen molar-refractivity contribution in [2.24, 2.45) is 0 Å². The minimum Gasteiger partial charge on any atom is -0.308 e. The predicted octanol–water partition coefficient (Wildman–Crippen LogP) is 3.33. The number of hydrogen-bond acceptors (Lipinski definition) is 2. The molecule has 4 heteroatoms. The lowest BCUT2D eigenvalue weighted by Crippen LogP contribution is -2.35. The fraction of sp³-hybridized carbons (Fsp3) is 0.200. The van der Waals surface area contributed by atoms with Crippen LogP contribution < -0.4 is 4.90 Å². The van der Waals surface area contributed by atoms with Gasteiger partial charge < -0.3 is 4.90 Å². The number of aryl methyl sites for hydroxylation is 1. The summed E-state index contributed by atoms with van der Waals surface area (Å²) in [7, 11) is 0. The van der Waals surface area contributed by atoms with E-state index in [9.17, 15) is 4.79 Å². The van der Waals surface area contributed by atoms with Gasteiger partial charge in [-0.15, -0.1) is 0 Å². The zero-order valence-electron chi connectivity index (χ0n) is 10.3. The Hall–Kier alpha value is -1.87. The number of aromatic nitrogens is 1. The van der Waals surface area contributed by atoms with Crippen molar-refractivity contribution < 1.29 is 4.79 Å². The molecule has 0 bridgehead atoms. The molecule has 3 nitrogen and oxygen atoms in total. The third-order valence-electron chi connectivity index (χ3n) is 3.34. The molecule has 1 aromatic heterocycles. The summed E-state index contributed by atoms with van der Waals surface area (Å²) in [5, 5.41) is 0.260. The Labute approximate surface area is 116 Å². The van der Waals surface area contributed by atoms with E-state index in [1.807, 2.05) is 18.2 Å². The van der Waals surface area contributed by atoms with Gasteiger partial charge in [-0.3, -0.25) is 4.79 Å². The summed E-state index contributed by atoms with van der Waals surface area (Å²) in [6.07, 6.45) is 3.57. The van der Waals surface area contributed by atoms with Crippen LogP contribution in [0.3, 0.4) is 0 Å². The minimum atomic E-state index is -0.0785. The van der Waals surface area contributed by atoms with E-state index in [1.54, 1.807) is 23.2 Å². The second-order valence-corrected chi connectivity index (χ2v) is 4.89. The van der Waals surface area contributed by atoms with Gasteiger partial charge in [-0.2, -0.15) is 0 Å². The number of para-hydroxylation sites is 1. The van der Waals surface area contributed by atoms with Crippen LogP contribution in [0, 0.1) is 0 Å². The molecule has 96 valence electrons. The molecule has 0 aliphatic carbocycles. The fourth-order valence-corrected chi connectivity index (χ4v) is 2.64. The van der Waals surface area contributed by atoms with Crippen molar-refractivity contribution in [1.29, 1.82) is 0 Å². The number of halogens is 1. The first kappa shape index (κ1) is 12.2. The predicted molar refractivity (Wildman–Crippen MR) is 75.7 cm³/mol. The summed E-state index contributed by atoms with van der Waals surface area (Å²) < 4.78 is 0. The van der Waals surface area contributed by atoms with Crippen LogP contribution >= 0.6 is 11.6 Å². The summed E-state index contributed by atoms with van der Waals surface area (Å²) in [6.45, 7) is 0.723. The van der Waals surface area contributed by atoms with Crippen molar-refractivity contribution in [2.75, 3.05) is 11.4 Å². The molecule has 0 atom stereocenters. The molecule has 1 aliphatic heterocycles. The van der Waals surface area contributed by atoms with E-state index in [-0.39, 0.29) is 11.1 Å². The normalized spacial score (nSPS) is 14.1. The number of benzene rings is 1. The topological polar surface area (TPSA) is 33.2 Å². The lowest BCUT2D eigenvalue weighted by molar-refractivity contribution is 0.0985. The molecule has 1 aliphatic rings. The Kier molecular flexibility index (Phi) is 3.22. The number of carbonyl (C=O) groups excluding carboxylic acids is 1. The molecule has 1 aromatic carbocycles. The van der Waals surface area contributed by atoms with E-state index >= 15 is 0 Å². The van der Waals surface area contributed by atoms with Crippen molar-refractivity contribution in [1.82, 2.24) is 4.98 Å². The molecule has 0 fully saturated rings. The van der Waals surface area contributed by atoms with E-state index in [0.29, 0.717) is 5.56 Å². The molecule has 3 rings (SSSR count). The van der Waals surface area contributed by atoms with Crippen LogP contribution in [0.2, 0.25) is 5.15 Å². The second-order valence-electron chi connectivity index (χ2n) is 4.53. The standard InChI is InChI=1S/C15H13ClN2O/c16-14-12(7-3-9-17-14)15(19)18-10-4-6-11-5-1-2-8-13(11)18/h1-3,5,7-9H,4,6,10H2. The molecule has 0 N–H and O–H groups in total. The van der Waals surface area contributed by atoms with Crippen molar-refractivity contribution in [3.63, 3.8) is 0 Å². The van der Waals surface area contributed by atoms with Gasteiger partial charge in [-0.1, -0.05) is 29.8 Å². The molecule has 0 spiro atoms.